The first-order chi connectivity index (χ1) is 8.77. The Morgan fingerprint density at radius 3 is 2.58 bits per heavy atom. The number of aliphatic hydroxyl groups excluding tert-OH is 1. The highest BCUT2D eigenvalue weighted by Gasteiger charge is 2.25. The van der Waals surface area contributed by atoms with Crippen LogP contribution in [-0.4, -0.2) is 37.2 Å². The van der Waals surface area contributed by atoms with Gasteiger partial charge < -0.3 is 10.2 Å². The Morgan fingerprint density at radius 1 is 1.47 bits per heavy atom. The molecule has 0 aliphatic carbocycles. The molecule has 0 saturated heterocycles. The van der Waals surface area contributed by atoms with Crippen LogP contribution in [0.25, 0.3) is 0 Å². The number of halogens is 2. The zero-order valence-electron chi connectivity index (χ0n) is 9.51. The molecular weight excluding hydrogens is 362 g/mol. The van der Waals surface area contributed by atoms with Gasteiger partial charge in [-0.15, -0.1) is 0 Å². The number of benzene rings is 1. The van der Waals surface area contributed by atoms with Crippen LogP contribution in [0.2, 0.25) is 5.02 Å². The minimum atomic E-state index is -4.00. The second-order valence-corrected chi connectivity index (χ2v) is 6.58. The zero-order chi connectivity index (χ0) is 14.6. The van der Waals surface area contributed by atoms with E-state index >= 15 is 0 Å². The number of carboxylic acids is 1. The molecular formula is C10H11BrClNO5S. The first-order valence-corrected chi connectivity index (χ1v) is 7.74. The molecule has 3 N–H and O–H groups in total. The fourth-order valence-corrected chi connectivity index (χ4v) is 3.16. The summed E-state index contributed by atoms with van der Waals surface area (Å²) in [6.45, 7) is -0.441. The number of aliphatic hydroxyl groups is 1. The highest BCUT2D eigenvalue weighted by atomic mass is 79.9. The Labute approximate surface area is 123 Å². The Balaban J connectivity index is 3.03. The molecule has 19 heavy (non-hydrogen) atoms. The van der Waals surface area contributed by atoms with Crippen LogP contribution in [0.1, 0.15) is 6.42 Å². The fraction of sp³-hybridized carbons (Fsp3) is 0.300. The second kappa shape index (κ2) is 6.67. The Bertz CT molecular complexity index is 577. The highest BCUT2D eigenvalue weighted by Crippen LogP contribution is 2.25. The summed E-state index contributed by atoms with van der Waals surface area (Å²) in [5.41, 5.74) is 0. The van der Waals surface area contributed by atoms with Crippen LogP contribution in [0.3, 0.4) is 0 Å². The Kier molecular flexibility index (Phi) is 5.75. The summed E-state index contributed by atoms with van der Waals surface area (Å²) >= 11 is 8.83. The van der Waals surface area contributed by atoms with Crippen LogP contribution in [0.15, 0.2) is 27.6 Å². The molecule has 0 fully saturated rings. The van der Waals surface area contributed by atoms with Crippen molar-refractivity contribution in [3.05, 3.63) is 27.7 Å². The largest absolute Gasteiger partial charge is 0.480 e. The van der Waals surface area contributed by atoms with Crippen molar-refractivity contribution in [2.24, 2.45) is 0 Å². The number of sulfonamides is 1. The topological polar surface area (TPSA) is 104 Å². The van der Waals surface area contributed by atoms with Crippen LogP contribution >= 0.6 is 27.5 Å². The van der Waals surface area contributed by atoms with E-state index in [1.165, 1.54) is 18.2 Å². The lowest BCUT2D eigenvalue weighted by Gasteiger charge is -2.14. The van der Waals surface area contributed by atoms with Crippen molar-refractivity contribution in [2.45, 2.75) is 17.4 Å². The van der Waals surface area contributed by atoms with Crippen LogP contribution in [0.4, 0.5) is 0 Å². The molecule has 106 valence electrons. The predicted molar refractivity (Wildman–Crippen MR) is 72.6 cm³/mol. The average molecular weight is 373 g/mol. The monoisotopic (exact) mass is 371 g/mol. The van der Waals surface area contributed by atoms with Crippen LogP contribution < -0.4 is 4.72 Å². The molecule has 0 saturated carbocycles. The number of nitrogens with one attached hydrogen (secondary N) is 1. The van der Waals surface area contributed by atoms with Gasteiger partial charge in [-0.3, -0.25) is 4.79 Å². The fourth-order valence-electron chi connectivity index (χ4n) is 1.26. The van der Waals surface area contributed by atoms with Gasteiger partial charge in [-0.1, -0.05) is 11.6 Å². The first-order valence-electron chi connectivity index (χ1n) is 5.09. The summed E-state index contributed by atoms with van der Waals surface area (Å²) in [6, 6.07) is 2.52. The summed E-state index contributed by atoms with van der Waals surface area (Å²) in [4.78, 5) is 10.7. The van der Waals surface area contributed by atoms with E-state index in [9.17, 15) is 13.2 Å². The van der Waals surface area contributed by atoms with Crippen molar-refractivity contribution in [1.29, 1.82) is 0 Å². The number of carbonyl (C=O) groups is 1. The molecule has 0 aliphatic rings. The van der Waals surface area contributed by atoms with E-state index in [-0.39, 0.29) is 11.3 Å². The maximum atomic E-state index is 12.0. The van der Waals surface area contributed by atoms with Gasteiger partial charge in [0.25, 0.3) is 0 Å². The molecule has 1 atom stereocenters. The van der Waals surface area contributed by atoms with Gasteiger partial charge in [0.05, 0.1) is 9.92 Å². The average Bonchev–Trinajstić information content (AvgIpc) is 2.31. The van der Waals surface area contributed by atoms with Crippen LogP contribution in [0.5, 0.6) is 0 Å². The van der Waals surface area contributed by atoms with E-state index in [1.807, 2.05) is 4.72 Å². The minimum Gasteiger partial charge on any atom is -0.480 e. The molecule has 0 radical (unpaired) electrons. The summed E-state index contributed by atoms with van der Waals surface area (Å²) < 4.78 is 26.3. The summed E-state index contributed by atoms with van der Waals surface area (Å²) in [5, 5.41) is 17.9. The number of hydrogen-bond donors (Lipinski definition) is 3. The van der Waals surface area contributed by atoms with Gasteiger partial charge in [0.15, 0.2) is 0 Å². The molecule has 0 bridgehead atoms. The molecule has 6 nitrogen and oxygen atoms in total. The Morgan fingerprint density at radius 2 is 2.11 bits per heavy atom. The third-order valence-electron chi connectivity index (χ3n) is 2.21. The van der Waals surface area contributed by atoms with Gasteiger partial charge in [-0.25, -0.2) is 8.42 Å². The molecule has 0 heterocycles. The lowest BCUT2D eigenvalue weighted by Crippen LogP contribution is -2.41. The number of hydrogen-bond acceptors (Lipinski definition) is 4. The summed E-state index contributed by atoms with van der Waals surface area (Å²) in [5.74, 6) is -1.36. The number of carboxylic acid groups (broad SMARTS) is 1. The third kappa shape index (κ3) is 4.43. The van der Waals surface area contributed by atoms with Gasteiger partial charge in [-0.2, -0.15) is 4.72 Å². The van der Waals surface area contributed by atoms with Crippen molar-refractivity contribution in [3.63, 3.8) is 0 Å². The smallest absolute Gasteiger partial charge is 0.321 e. The molecule has 0 unspecified atom stereocenters. The van der Waals surface area contributed by atoms with Gasteiger partial charge >= 0.3 is 5.97 Å². The normalized spacial score (nSPS) is 13.2. The van der Waals surface area contributed by atoms with Crippen molar-refractivity contribution in [2.75, 3.05) is 6.61 Å². The van der Waals surface area contributed by atoms with Crippen molar-refractivity contribution < 1.29 is 23.4 Å². The quantitative estimate of drug-likeness (QED) is 0.696. The van der Waals surface area contributed by atoms with E-state index in [1.54, 1.807) is 0 Å². The summed E-state index contributed by atoms with van der Waals surface area (Å²) in [7, 11) is -4.00. The molecule has 1 aromatic rings. The standard InChI is InChI=1S/C10H11BrClNO5S/c11-7-5-6(1-2-8(7)12)19(17,18)13-9(3-4-14)10(15)16/h1-2,5,9,13-14H,3-4H2,(H,15,16)/t9-/m1/s1. The number of aliphatic carboxylic acids is 1. The van der Waals surface area contributed by atoms with Crippen LogP contribution in [-0.2, 0) is 14.8 Å². The van der Waals surface area contributed by atoms with Crippen molar-refractivity contribution >= 4 is 43.5 Å². The highest BCUT2D eigenvalue weighted by molar-refractivity contribution is 9.10. The number of rotatable bonds is 6. The van der Waals surface area contributed by atoms with Gasteiger partial charge in [0, 0.05) is 11.1 Å². The molecule has 1 aromatic carbocycles. The van der Waals surface area contributed by atoms with E-state index < -0.39 is 28.6 Å². The Hall–Kier alpha value is -0.670. The van der Waals surface area contributed by atoms with E-state index in [0.717, 1.165) is 0 Å². The third-order valence-corrected chi connectivity index (χ3v) is 4.90. The molecule has 0 aromatic heterocycles. The second-order valence-electron chi connectivity index (χ2n) is 3.60. The van der Waals surface area contributed by atoms with Gasteiger partial charge in [-0.05, 0) is 40.5 Å². The predicted octanol–water partition coefficient (Wildman–Crippen LogP) is 1.22. The van der Waals surface area contributed by atoms with E-state index in [4.69, 9.17) is 21.8 Å². The lowest BCUT2D eigenvalue weighted by atomic mass is 10.2. The molecule has 0 aliphatic heterocycles. The molecule has 0 spiro atoms. The minimum absolute atomic E-state index is 0.118. The van der Waals surface area contributed by atoms with Crippen LogP contribution in [0, 0.1) is 0 Å². The van der Waals surface area contributed by atoms with Crippen molar-refractivity contribution in [3.8, 4) is 0 Å². The van der Waals surface area contributed by atoms with E-state index in [0.29, 0.717) is 9.50 Å². The molecule has 0 amide bonds. The van der Waals surface area contributed by atoms with Gasteiger partial charge in [0.1, 0.15) is 6.04 Å². The van der Waals surface area contributed by atoms with Gasteiger partial charge in [0.2, 0.25) is 10.0 Å². The molecule has 9 heteroatoms. The zero-order valence-corrected chi connectivity index (χ0v) is 12.7. The first kappa shape index (κ1) is 16.4. The lowest BCUT2D eigenvalue weighted by molar-refractivity contribution is -0.139. The summed E-state index contributed by atoms with van der Waals surface area (Å²) in [6.07, 6.45) is -0.219. The van der Waals surface area contributed by atoms with E-state index in [2.05, 4.69) is 15.9 Å². The maximum Gasteiger partial charge on any atom is 0.321 e. The van der Waals surface area contributed by atoms with Crippen molar-refractivity contribution in [1.82, 2.24) is 4.72 Å². The SMILES string of the molecule is O=C(O)[C@@H](CCO)NS(=O)(=O)c1ccc(Cl)c(Br)c1. The molecule has 1 rings (SSSR count). The maximum absolute atomic E-state index is 12.0.